The number of rotatable bonds is 8. The quantitative estimate of drug-likeness (QED) is 0.664. The Bertz CT molecular complexity index is 809. The Kier molecular flexibility index (Phi) is 5.58. The van der Waals surface area contributed by atoms with Crippen LogP contribution in [-0.4, -0.2) is 33.8 Å². The molecule has 1 N–H and O–H groups in total. The lowest BCUT2D eigenvalue weighted by atomic mass is 9.75. The van der Waals surface area contributed by atoms with Gasteiger partial charge in [-0.15, -0.1) is 5.10 Å². The summed E-state index contributed by atoms with van der Waals surface area (Å²) in [7, 11) is 0. The van der Waals surface area contributed by atoms with E-state index in [9.17, 15) is 0 Å². The number of hydrogen-bond donors (Lipinski definition) is 1. The summed E-state index contributed by atoms with van der Waals surface area (Å²) in [6, 6.07) is 19.9. The zero-order valence-electron chi connectivity index (χ0n) is 15.6. The third-order valence-electron chi connectivity index (χ3n) is 5.67. The molecule has 0 aliphatic carbocycles. The number of H-pyrrole nitrogens is 1. The van der Waals surface area contributed by atoms with E-state index in [1.807, 2.05) is 0 Å². The van der Waals surface area contributed by atoms with Gasteiger partial charge in [0.1, 0.15) is 5.82 Å². The third kappa shape index (κ3) is 4.42. The summed E-state index contributed by atoms with van der Waals surface area (Å²) in [6.07, 6.45) is 6.39. The predicted octanol–water partition coefficient (Wildman–Crippen LogP) is 3.67. The number of benzene rings is 2. The third-order valence-corrected chi connectivity index (χ3v) is 5.67. The first-order valence-electron chi connectivity index (χ1n) is 9.78. The average Bonchev–Trinajstić information content (AvgIpc) is 3.41. The van der Waals surface area contributed by atoms with Gasteiger partial charge in [0.25, 0.3) is 0 Å². The van der Waals surface area contributed by atoms with Gasteiger partial charge in [-0.05, 0) is 59.2 Å². The van der Waals surface area contributed by atoms with Crippen molar-refractivity contribution < 1.29 is 4.74 Å². The van der Waals surface area contributed by atoms with Crippen molar-refractivity contribution in [1.82, 2.24) is 20.6 Å². The van der Waals surface area contributed by atoms with Crippen LogP contribution in [0.25, 0.3) is 0 Å². The van der Waals surface area contributed by atoms with Crippen LogP contribution in [0.15, 0.2) is 54.6 Å². The summed E-state index contributed by atoms with van der Waals surface area (Å²) in [5, 5.41) is 14.0. The molecule has 0 spiro atoms. The van der Waals surface area contributed by atoms with Crippen LogP contribution < -0.4 is 0 Å². The van der Waals surface area contributed by atoms with Gasteiger partial charge in [-0.1, -0.05) is 54.6 Å². The van der Waals surface area contributed by atoms with Crippen molar-refractivity contribution in [2.45, 2.75) is 43.9 Å². The maximum absolute atomic E-state index is 5.77. The number of aromatic amines is 1. The molecular weight excluding hydrogens is 336 g/mol. The maximum atomic E-state index is 5.77. The number of ether oxygens (including phenoxy) is 1. The number of nitrogens with zero attached hydrogens (tertiary/aromatic N) is 3. The molecule has 3 aromatic rings. The van der Waals surface area contributed by atoms with Crippen molar-refractivity contribution >= 4 is 0 Å². The van der Waals surface area contributed by atoms with Crippen LogP contribution in [0.1, 0.15) is 41.8 Å². The lowest BCUT2D eigenvalue weighted by Crippen LogP contribution is -2.26. The molecule has 2 aromatic carbocycles. The van der Waals surface area contributed by atoms with Crippen molar-refractivity contribution in [2.75, 3.05) is 13.2 Å². The summed E-state index contributed by atoms with van der Waals surface area (Å²) in [6.45, 7) is 1.73. The van der Waals surface area contributed by atoms with Gasteiger partial charge < -0.3 is 4.74 Å². The Balaban J connectivity index is 1.30. The molecule has 1 fully saturated rings. The first-order chi connectivity index (χ1) is 13.3. The minimum Gasteiger partial charge on any atom is -0.380 e. The van der Waals surface area contributed by atoms with Gasteiger partial charge in [0.2, 0.25) is 0 Å². The number of aryl methyl sites for hydroxylation is 3. The predicted molar refractivity (Wildman–Crippen MR) is 105 cm³/mol. The fourth-order valence-corrected chi connectivity index (χ4v) is 4.02. The molecule has 1 aliphatic rings. The first-order valence-corrected chi connectivity index (χ1v) is 9.78. The lowest BCUT2D eigenvalue weighted by Gasteiger charge is -2.28. The van der Waals surface area contributed by atoms with Gasteiger partial charge in [-0.3, -0.25) is 0 Å². The molecule has 0 bridgehead atoms. The SMILES string of the molecule is c1ccc(C2(CCCc3ccc(CCc4nnn[nH]4)cc3)CCOC2)cc1. The van der Waals surface area contributed by atoms with Gasteiger partial charge in [0, 0.05) is 18.4 Å². The van der Waals surface area contributed by atoms with Crippen LogP contribution in [0.5, 0.6) is 0 Å². The fourth-order valence-electron chi connectivity index (χ4n) is 4.02. The monoisotopic (exact) mass is 362 g/mol. The van der Waals surface area contributed by atoms with Gasteiger partial charge in [-0.25, -0.2) is 5.10 Å². The van der Waals surface area contributed by atoms with Gasteiger partial charge >= 0.3 is 0 Å². The molecule has 5 nitrogen and oxygen atoms in total. The van der Waals surface area contributed by atoms with E-state index in [1.165, 1.54) is 29.5 Å². The van der Waals surface area contributed by atoms with E-state index in [4.69, 9.17) is 4.74 Å². The Morgan fingerprint density at radius 2 is 1.70 bits per heavy atom. The van der Waals surface area contributed by atoms with Crippen molar-refractivity contribution in [3.05, 3.63) is 77.1 Å². The highest BCUT2D eigenvalue weighted by molar-refractivity contribution is 5.27. The number of hydrogen-bond acceptors (Lipinski definition) is 4. The second-order valence-electron chi connectivity index (χ2n) is 7.47. The van der Waals surface area contributed by atoms with Crippen LogP contribution >= 0.6 is 0 Å². The summed E-state index contributed by atoms with van der Waals surface area (Å²) in [4.78, 5) is 0. The summed E-state index contributed by atoms with van der Waals surface area (Å²) in [5.41, 5.74) is 4.36. The lowest BCUT2D eigenvalue weighted by molar-refractivity contribution is 0.173. The van der Waals surface area contributed by atoms with Gasteiger partial charge in [0.15, 0.2) is 0 Å². The Morgan fingerprint density at radius 1 is 0.926 bits per heavy atom. The first kappa shape index (κ1) is 17.9. The van der Waals surface area contributed by atoms with E-state index in [0.717, 1.165) is 44.7 Å². The van der Waals surface area contributed by atoms with Gasteiger partial charge in [0.05, 0.1) is 6.61 Å². The van der Waals surface area contributed by atoms with E-state index >= 15 is 0 Å². The molecule has 2 heterocycles. The summed E-state index contributed by atoms with van der Waals surface area (Å²) >= 11 is 0. The van der Waals surface area contributed by atoms with Crippen LogP contribution in [0.2, 0.25) is 0 Å². The van der Waals surface area contributed by atoms with Crippen LogP contribution in [0.3, 0.4) is 0 Å². The molecule has 0 saturated carbocycles. The minimum atomic E-state index is 0.201. The Labute approximate surface area is 160 Å². The second kappa shape index (κ2) is 8.44. The molecule has 27 heavy (non-hydrogen) atoms. The van der Waals surface area contributed by atoms with Crippen molar-refractivity contribution in [3.63, 3.8) is 0 Å². The molecule has 1 aromatic heterocycles. The van der Waals surface area contributed by atoms with Crippen molar-refractivity contribution in [2.24, 2.45) is 0 Å². The smallest absolute Gasteiger partial charge is 0.148 e. The van der Waals surface area contributed by atoms with Gasteiger partial charge in [-0.2, -0.15) is 0 Å². The highest BCUT2D eigenvalue weighted by Crippen LogP contribution is 2.37. The summed E-state index contributed by atoms with van der Waals surface area (Å²) in [5.74, 6) is 0.837. The molecule has 0 amide bonds. The summed E-state index contributed by atoms with van der Waals surface area (Å²) < 4.78 is 5.77. The van der Waals surface area contributed by atoms with E-state index in [-0.39, 0.29) is 5.41 Å². The molecule has 5 heteroatoms. The molecule has 1 unspecified atom stereocenters. The zero-order valence-corrected chi connectivity index (χ0v) is 15.6. The van der Waals surface area contributed by atoms with E-state index in [1.54, 1.807) is 0 Å². The largest absolute Gasteiger partial charge is 0.380 e. The number of nitrogens with one attached hydrogen (secondary N) is 1. The number of aromatic nitrogens is 4. The number of tetrazole rings is 1. The second-order valence-corrected chi connectivity index (χ2v) is 7.47. The molecule has 1 atom stereocenters. The molecular formula is C22H26N4O. The molecule has 0 radical (unpaired) electrons. The normalized spacial score (nSPS) is 19.4. The van der Waals surface area contributed by atoms with Crippen LogP contribution in [-0.2, 0) is 29.4 Å². The van der Waals surface area contributed by atoms with E-state index in [0.29, 0.717) is 0 Å². The Hall–Kier alpha value is -2.53. The zero-order chi connectivity index (χ0) is 18.4. The Morgan fingerprint density at radius 3 is 2.37 bits per heavy atom. The average molecular weight is 362 g/mol. The van der Waals surface area contributed by atoms with Crippen molar-refractivity contribution in [3.8, 4) is 0 Å². The minimum absolute atomic E-state index is 0.201. The molecule has 1 saturated heterocycles. The topological polar surface area (TPSA) is 63.7 Å². The molecule has 1 aliphatic heterocycles. The van der Waals surface area contributed by atoms with E-state index in [2.05, 4.69) is 75.2 Å². The highest BCUT2D eigenvalue weighted by Gasteiger charge is 2.35. The maximum Gasteiger partial charge on any atom is 0.148 e. The van der Waals surface area contributed by atoms with Crippen molar-refractivity contribution in [1.29, 1.82) is 0 Å². The molecule has 140 valence electrons. The van der Waals surface area contributed by atoms with E-state index < -0.39 is 0 Å². The van der Waals surface area contributed by atoms with Crippen LogP contribution in [0.4, 0.5) is 0 Å². The van der Waals surface area contributed by atoms with Crippen LogP contribution in [0, 0.1) is 0 Å². The standard InChI is InChI=1S/C22H26N4O/c1-2-6-20(7-3-1)22(15-16-27-17-22)14-4-5-18-8-10-19(11-9-18)12-13-21-23-25-26-24-21/h1-3,6-11H,4-5,12-17H2,(H,23,24,25,26). The highest BCUT2D eigenvalue weighted by atomic mass is 16.5. The fraction of sp³-hybridized carbons (Fsp3) is 0.409. The molecule has 4 rings (SSSR count).